The molecule has 27 heavy (non-hydrogen) atoms. The van der Waals surface area contributed by atoms with E-state index in [9.17, 15) is 4.79 Å². The molecule has 8 heteroatoms. The van der Waals surface area contributed by atoms with E-state index in [-0.39, 0.29) is 18.0 Å². The van der Waals surface area contributed by atoms with E-state index in [1.165, 1.54) is 0 Å². The lowest BCUT2D eigenvalue weighted by molar-refractivity contribution is 0.205. The topological polar surface area (TPSA) is 99.9 Å². The normalized spacial score (nSPS) is 12.5. The summed E-state index contributed by atoms with van der Waals surface area (Å²) < 4.78 is 5.19. The maximum Gasteiger partial charge on any atom is 0.317 e. The third kappa shape index (κ3) is 4.45. The van der Waals surface area contributed by atoms with Crippen LogP contribution < -0.4 is 5.32 Å². The van der Waals surface area contributed by atoms with Gasteiger partial charge in [0.05, 0.1) is 17.1 Å². The van der Waals surface area contributed by atoms with Crippen molar-refractivity contribution in [3.8, 4) is 0 Å². The van der Waals surface area contributed by atoms with Crippen molar-refractivity contribution >= 4 is 17.1 Å². The molecule has 0 saturated heterocycles. The molecule has 2 amide bonds. The number of carbonyl (C=O) groups is 1. The molecule has 0 aliphatic rings. The minimum atomic E-state index is -0.231. The van der Waals surface area contributed by atoms with Crippen LogP contribution in [0.3, 0.4) is 0 Å². The summed E-state index contributed by atoms with van der Waals surface area (Å²) >= 11 is 0. The van der Waals surface area contributed by atoms with Gasteiger partial charge in [0.25, 0.3) is 0 Å². The third-order valence-electron chi connectivity index (χ3n) is 4.40. The number of aromatic amines is 1. The van der Waals surface area contributed by atoms with Crippen molar-refractivity contribution in [2.75, 3.05) is 13.6 Å². The zero-order valence-corrected chi connectivity index (χ0v) is 16.4. The summed E-state index contributed by atoms with van der Waals surface area (Å²) in [6.07, 6.45) is 0.540. The molecule has 1 atom stereocenters. The number of nitrogens with zero attached hydrogens (tertiary/aromatic N) is 4. The number of nitrogens with one attached hydrogen (secondary N) is 2. The monoisotopic (exact) mass is 370 g/mol. The van der Waals surface area contributed by atoms with Gasteiger partial charge in [0.1, 0.15) is 5.82 Å². The molecular weight excluding hydrogens is 344 g/mol. The Balaban J connectivity index is 1.56. The summed E-state index contributed by atoms with van der Waals surface area (Å²) in [5.41, 5.74) is 3.02. The molecule has 0 saturated carbocycles. The predicted molar refractivity (Wildman–Crippen MR) is 102 cm³/mol. The highest BCUT2D eigenvalue weighted by Crippen LogP contribution is 2.17. The Bertz CT molecular complexity index is 929. The van der Waals surface area contributed by atoms with Crippen molar-refractivity contribution < 1.29 is 9.32 Å². The van der Waals surface area contributed by atoms with Crippen LogP contribution in [0.4, 0.5) is 4.79 Å². The molecule has 0 spiro atoms. The van der Waals surface area contributed by atoms with E-state index in [2.05, 4.69) is 25.4 Å². The fraction of sp³-hybridized carbons (Fsp3) is 0.474. The van der Waals surface area contributed by atoms with Gasteiger partial charge in [-0.25, -0.2) is 9.78 Å². The Morgan fingerprint density at radius 3 is 2.78 bits per heavy atom. The van der Waals surface area contributed by atoms with Gasteiger partial charge in [-0.05, 0) is 31.5 Å². The van der Waals surface area contributed by atoms with Crippen molar-refractivity contribution in [2.24, 2.45) is 0 Å². The van der Waals surface area contributed by atoms with E-state index < -0.39 is 0 Å². The largest absolute Gasteiger partial charge is 0.340 e. The number of carbonyl (C=O) groups excluding carboxylic acids is 1. The first-order valence-corrected chi connectivity index (χ1v) is 9.14. The molecule has 2 aromatic heterocycles. The van der Waals surface area contributed by atoms with E-state index in [0.29, 0.717) is 24.7 Å². The second-order valence-electron chi connectivity index (χ2n) is 7.19. The molecule has 1 aromatic carbocycles. The quantitative estimate of drug-likeness (QED) is 0.693. The number of benzene rings is 1. The molecule has 0 bridgehead atoms. The Morgan fingerprint density at radius 2 is 2.07 bits per heavy atom. The Kier molecular flexibility index (Phi) is 5.43. The second kappa shape index (κ2) is 7.77. The molecule has 2 heterocycles. The number of fused-ring (bicyclic) bond motifs is 1. The van der Waals surface area contributed by atoms with E-state index in [1.54, 1.807) is 11.9 Å². The first-order valence-electron chi connectivity index (χ1n) is 9.14. The number of rotatable bonds is 6. The highest BCUT2D eigenvalue weighted by Gasteiger charge is 2.17. The lowest BCUT2D eigenvalue weighted by Crippen LogP contribution is -2.39. The smallest absolute Gasteiger partial charge is 0.317 e. The van der Waals surface area contributed by atoms with Crippen molar-refractivity contribution in [3.05, 3.63) is 41.3 Å². The molecule has 2 N–H and O–H groups in total. The molecule has 8 nitrogen and oxygen atoms in total. The fourth-order valence-corrected chi connectivity index (χ4v) is 2.68. The Hall–Kier alpha value is -2.90. The van der Waals surface area contributed by atoms with Crippen molar-refractivity contribution in [1.29, 1.82) is 0 Å². The van der Waals surface area contributed by atoms with Gasteiger partial charge < -0.3 is 19.7 Å². The predicted octanol–water partition coefficient (Wildman–Crippen LogP) is 3.32. The number of amides is 2. The third-order valence-corrected chi connectivity index (χ3v) is 4.40. The van der Waals surface area contributed by atoms with Gasteiger partial charge in [0.2, 0.25) is 5.89 Å². The van der Waals surface area contributed by atoms with Gasteiger partial charge in [-0.1, -0.05) is 25.1 Å². The molecule has 0 radical (unpaired) electrons. The van der Waals surface area contributed by atoms with Crippen LogP contribution in [0.5, 0.6) is 0 Å². The number of likely N-dealkylation sites (N-methyl/N-ethyl adjacent to an activating group) is 1. The van der Waals surface area contributed by atoms with Gasteiger partial charge in [0.15, 0.2) is 5.82 Å². The van der Waals surface area contributed by atoms with Crippen LogP contribution in [0.1, 0.15) is 55.8 Å². The fourth-order valence-electron chi connectivity index (χ4n) is 2.68. The van der Waals surface area contributed by atoms with Crippen molar-refractivity contribution in [2.45, 2.75) is 46.1 Å². The summed E-state index contributed by atoms with van der Waals surface area (Å²) in [6, 6.07) is 5.63. The first-order chi connectivity index (χ1) is 12.8. The highest BCUT2D eigenvalue weighted by molar-refractivity contribution is 5.77. The van der Waals surface area contributed by atoms with Crippen LogP contribution in [-0.4, -0.2) is 44.6 Å². The van der Waals surface area contributed by atoms with Gasteiger partial charge in [-0.2, -0.15) is 4.98 Å². The number of H-pyrrole nitrogens is 1. The Morgan fingerprint density at radius 1 is 1.30 bits per heavy atom. The highest BCUT2D eigenvalue weighted by atomic mass is 16.5. The molecule has 0 aliphatic carbocycles. The SMILES string of the molecule is Cc1ccc2nc([C@@H](C)NC(=O)N(C)CCc3noc(C(C)C)n3)[nH]c2c1. The van der Waals surface area contributed by atoms with Crippen LogP contribution in [0.25, 0.3) is 11.0 Å². The number of urea groups is 1. The molecule has 3 rings (SSSR count). The van der Waals surface area contributed by atoms with E-state index >= 15 is 0 Å². The maximum atomic E-state index is 12.4. The number of hydrogen-bond acceptors (Lipinski definition) is 5. The molecule has 144 valence electrons. The second-order valence-corrected chi connectivity index (χ2v) is 7.19. The van der Waals surface area contributed by atoms with Crippen LogP contribution in [0, 0.1) is 6.92 Å². The average molecular weight is 370 g/mol. The van der Waals surface area contributed by atoms with Crippen molar-refractivity contribution in [3.63, 3.8) is 0 Å². The van der Waals surface area contributed by atoms with Crippen LogP contribution >= 0.6 is 0 Å². The lowest BCUT2D eigenvalue weighted by atomic mass is 10.2. The summed E-state index contributed by atoms with van der Waals surface area (Å²) in [5.74, 6) is 2.16. The molecule has 0 fully saturated rings. The number of hydrogen-bond donors (Lipinski definition) is 2. The standard InChI is InChI=1S/C19H26N6O2/c1-11(2)18-23-16(24-27-18)8-9-25(5)19(26)20-13(4)17-21-14-7-6-12(3)10-15(14)22-17/h6-7,10-11,13H,8-9H2,1-5H3,(H,20,26)(H,21,22)/t13-/m1/s1. The summed E-state index contributed by atoms with van der Waals surface area (Å²) in [4.78, 5) is 26.2. The Labute approximate surface area is 158 Å². The van der Waals surface area contributed by atoms with E-state index in [0.717, 1.165) is 22.4 Å². The summed E-state index contributed by atoms with van der Waals surface area (Å²) in [5, 5.41) is 6.91. The minimum absolute atomic E-state index is 0.174. The van der Waals surface area contributed by atoms with Crippen LogP contribution in [-0.2, 0) is 6.42 Å². The molecule has 0 aliphatic heterocycles. The van der Waals surface area contributed by atoms with Crippen molar-refractivity contribution in [1.82, 2.24) is 30.3 Å². The van der Waals surface area contributed by atoms with Gasteiger partial charge in [-0.3, -0.25) is 0 Å². The molecule has 3 aromatic rings. The first kappa shape index (κ1) is 18.9. The summed E-state index contributed by atoms with van der Waals surface area (Å²) in [7, 11) is 1.74. The number of imidazole rings is 1. The van der Waals surface area contributed by atoms with Gasteiger partial charge >= 0.3 is 6.03 Å². The van der Waals surface area contributed by atoms with Crippen LogP contribution in [0.15, 0.2) is 22.7 Å². The minimum Gasteiger partial charge on any atom is -0.340 e. The summed E-state index contributed by atoms with van der Waals surface area (Å²) in [6.45, 7) is 8.43. The maximum absolute atomic E-state index is 12.4. The molecule has 0 unspecified atom stereocenters. The zero-order chi connectivity index (χ0) is 19.6. The average Bonchev–Trinajstić information content (AvgIpc) is 3.26. The zero-order valence-electron chi connectivity index (χ0n) is 16.4. The molecular formula is C19H26N6O2. The number of aromatic nitrogens is 4. The number of aryl methyl sites for hydroxylation is 1. The lowest BCUT2D eigenvalue weighted by Gasteiger charge is -2.19. The van der Waals surface area contributed by atoms with Crippen LogP contribution in [0.2, 0.25) is 0 Å². The van der Waals surface area contributed by atoms with E-state index in [4.69, 9.17) is 4.52 Å². The van der Waals surface area contributed by atoms with Gasteiger partial charge in [-0.15, -0.1) is 0 Å². The van der Waals surface area contributed by atoms with E-state index in [1.807, 2.05) is 45.9 Å². The van der Waals surface area contributed by atoms with Gasteiger partial charge in [0, 0.05) is 25.9 Å².